The van der Waals surface area contributed by atoms with Gasteiger partial charge in [-0.2, -0.15) is 0 Å². The SMILES string of the molecule is COc1ccc(F)c2[nH]c(=S)[nH]c12. The summed E-state index contributed by atoms with van der Waals surface area (Å²) in [4.78, 5) is 5.52. The van der Waals surface area contributed by atoms with Crippen molar-refractivity contribution >= 4 is 23.3 Å². The Morgan fingerprint density at radius 3 is 2.69 bits per heavy atom. The summed E-state index contributed by atoms with van der Waals surface area (Å²) < 4.78 is 18.6. The predicted octanol–water partition coefficient (Wildman–Crippen LogP) is 2.37. The molecule has 13 heavy (non-hydrogen) atoms. The molecule has 0 atom stereocenters. The molecule has 0 aliphatic heterocycles. The van der Waals surface area contributed by atoms with Crippen molar-refractivity contribution < 1.29 is 9.13 Å². The van der Waals surface area contributed by atoms with Crippen LogP contribution < -0.4 is 4.74 Å². The topological polar surface area (TPSA) is 40.8 Å². The molecule has 0 unspecified atom stereocenters. The number of H-pyrrole nitrogens is 2. The highest BCUT2D eigenvalue weighted by Crippen LogP contribution is 2.24. The molecule has 1 heterocycles. The van der Waals surface area contributed by atoms with E-state index in [0.29, 0.717) is 21.6 Å². The number of aromatic amines is 2. The molecule has 0 aliphatic carbocycles. The van der Waals surface area contributed by atoms with Gasteiger partial charge in [-0.1, -0.05) is 0 Å². The Balaban J connectivity index is 2.91. The lowest BCUT2D eigenvalue weighted by molar-refractivity contribution is 0.418. The van der Waals surface area contributed by atoms with Gasteiger partial charge in [-0.15, -0.1) is 0 Å². The number of fused-ring (bicyclic) bond motifs is 1. The molecular formula is C8H7FN2OS. The maximum absolute atomic E-state index is 13.2. The Kier molecular flexibility index (Phi) is 1.81. The lowest BCUT2D eigenvalue weighted by Crippen LogP contribution is -1.86. The molecule has 0 saturated heterocycles. The molecule has 0 radical (unpaired) electrons. The second-order valence-electron chi connectivity index (χ2n) is 2.58. The minimum absolute atomic E-state index is 0.344. The van der Waals surface area contributed by atoms with Crippen LogP contribution in [0.5, 0.6) is 5.75 Å². The zero-order chi connectivity index (χ0) is 9.42. The van der Waals surface area contributed by atoms with Crippen LogP contribution in [0.1, 0.15) is 0 Å². The number of hydrogen-bond donors (Lipinski definition) is 2. The van der Waals surface area contributed by atoms with Crippen molar-refractivity contribution in [3.63, 3.8) is 0 Å². The number of methoxy groups -OCH3 is 1. The maximum atomic E-state index is 13.2. The number of imidazole rings is 1. The molecular weight excluding hydrogens is 191 g/mol. The first kappa shape index (κ1) is 8.25. The second kappa shape index (κ2) is 2.85. The molecule has 0 amide bonds. The van der Waals surface area contributed by atoms with Crippen LogP contribution in [0.15, 0.2) is 12.1 Å². The minimum atomic E-state index is -0.344. The monoisotopic (exact) mass is 198 g/mol. The highest BCUT2D eigenvalue weighted by Gasteiger charge is 2.07. The van der Waals surface area contributed by atoms with Crippen LogP contribution in [0.3, 0.4) is 0 Å². The van der Waals surface area contributed by atoms with Crippen molar-refractivity contribution in [3.8, 4) is 5.75 Å². The predicted molar refractivity (Wildman–Crippen MR) is 50.0 cm³/mol. The summed E-state index contributed by atoms with van der Waals surface area (Å²) in [6.45, 7) is 0. The van der Waals surface area contributed by atoms with Gasteiger partial charge in [-0.3, -0.25) is 0 Å². The quantitative estimate of drug-likeness (QED) is 0.691. The van der Waals surface area contributed by atoms with Gasteiger partial charge in [-0.25, -0.2) is 4.39 Å². The van der Waals surface area contributed by atoms with Crippen molar-refractivity contribution in [2.75, 3.05) is 7.11 Å². The van der Waals surface area contributed by atoms with Crippen LogP contribution in [-0.4, -0.2) is 17.1 Å². The molecule has 1 aromatic carbocycles. The highest BCUT2D eigenvalue weighted by atomic mass is 32.1. The maximum Gasteiger partial charge on any atom is 0.175 e. The third-order valence-corrected chi connectivity index (χ3v) is 2.02. The Labute approximate surface area is 78.5 Å². The Morgan fingerprint density at radius 1 is 1.31 bits per heavy atom. The Bertz CT molecular complexity index is 502. The van der Waals surface area contributed by atoms with Gasteiger partial charge in [0.05, 0.1) is 7.11 Å². The van der Waals surface area contributed by atoms with Crippen LogP contribution in [-0.2, 0) is 0 Å². The first-order valence-electron chi connectivity index (χ1n) is 3.67. The second-order valence-corrected chi connectivity index (χ2v) is 2.99. The van der Waals surface area contributed by atoms with Crippen molar-refractivity contribution in [2.45, 2.75) is 0 Å². The summed E-state index contributed by atoms with van der Waals surface area (Å²) >= 11 is 4.85. The first-order chi connectivity index (χ1) is 6.22. The first-order valence-corrected chi connectivity index (χ1v) is 4.07. The zero-order valence-electron chi connectivity index (χ0n) is 6.85. The molecule has 0 aliphatic rings. The summed E-state index contributed by atoms with van der Waals surface area (Å²) in [5, 5.41) is 0. The number of ether oxygens (including phenoxy) is 1. The van der Waals surface area contributed by atoms with E-state index in [0.717, 1.165) is 0 Å². The smallest absolute Gasteiger partial charge is 0.175 e. The minimum Gasteiger partial charge on any atom is -0.494 e. The lowest BCUT2D eigenvalue weighted by Gasteiger charge is -2.00. The number of nitrogens with one attached hydrogen (secondary N) is 2. The van der Waals surface area contributed by atoms with E-state index >= 15 is 0 Å². The average Bonchev–Trinajstić information content (AvgIpc) is 2.48. The number of benzene rings is 1. The van der Waals surface area contributed by atoms with Crippen LogP contribution >= 0.6 is 12.2 Å². The third-order valence-electron chi connectivity index (χ3n) is 1.81. The molecule has 5 heteroatoms. The van der Waals surface area contributed by atoms with E-state index in [9.17, 15) is 4.39 Å². The fourth-order valence-corrected chi connectivity index (χ4v) is 1.44. The highest BCUT2D eigenvalue weighted by molar-refractivity contribution is 7.71. The molecule has 2 rings (SSSR count). The van der Waals surface area contributed by atoms with E-state index < -0.39 is 0 Å². The van der Waals surface area contributed by atoms with E-state index in [1.54, 1.807) is 6.07 Å². The molecule has 3 nitrogen and oxygen atoms in total. The number of rotatable bonds is 1. The van der Waals surface area contributed by atoms with Crippen molar-refractivity contribution in [2.24, 2.45) is 0 Å². The van der Waals surface area contributed by atoms with Gasteiger partial charge in [0, 0.05) is 0 Å². The summed E-state index contributed by atoms with van der Waals surface area (Å²) in [7, 11) is 1.52. The molecule has 68 valence electrons. The van der Waals surface area contributed by atoms with Crippen molar-refractivity contribution in [1.82, 2.24) is 9.97 Å². The zero-order valence-corrected chi connectivity index (χ0v) is 7.67. The van der Waals surface area contributed by atoms with Gasteiger partial charge in [0.15, 0.2) is 4.77 Å². The normalized spacial score (nSPS) is 10.6. The summed E-state index contributed by atoms with van der Waals surface area (Å²) in [5.74, 6) is 0.229. The molecule has 0 spiro atoms. The number of halogens is 1. The van der Waals surface area contributed by atoms with Crippen molar-refractivity contribution in [1.29, 1.82) is 0 Å². The van der Waals surface area contributed by atoms with Crippen LogP contribution in [0.25, 0.3) is 11.0 Å². The van der Waals surface area contributed by atoms with Gasteiger partial charge in [0.25, 0.3) is 0 Å². The van der Waals surface area contributed by atoms with Gasteiger partial charge in [-0.05, 0) is 24.4 Å². The van der Waals surface area contributed by atoms with Gasteiger partial charge >= 0.3 is 0 Å². The third kappa shape index (κ3) is 1.21. The fraction of sp³-hybridized carbons (Fsp3) is 0.125. The summed E-state index contributed by atoms with van der Waals surface area (Å²) in [6.07, 6.45) is 0. The summed E-state index contributed by atoms with van der Waals surface area (Å²) in [5.41, 5.74) is 0.914. The largest absolute Gasteiger partial charge is 0.494 e. The van der Waals surface area contributed by atoms with E-state index in [2.05, 4.69) is 9.97 Å². The molecule has 0 saturated carbocycles. The van der Waals surface area contributed by atoms with Crippen LogP contribution in [0.4, 0.5) is 4.39 Å². The van der Waals surface area contributed by atoms with Gasteiger partial charge < -0.3 is 14.7 Å². The van der Waals surface area contributed by atoms with E-state index in [1.165, 1.54) is 13.2 Å². The fourth-order valence-electron chi connectivity index (χ4n) is 1.23. The van der Waals surface area contributed by atoms with Gasteiger partial charge in [0.2, 0.25) is 0 Å². The molecule has 1 aromatic heterocycles. The molecule has 2 aromatic rings. The van der Waals surface area contributed by atoms with Crippen molar-refractivity contribution in [3.05, 3.63) is 22.7 Å². The Morgan fingerprint density at radius 2 is 2.00 bits per heavy atom. The molecule has 0 bridgehead atoms. The Hall–Kier alpha value is -1.36. The van der Waals surface area contributed by atoms with E-state index in [-0.39, 0.29) is 5.82 Å². The van der Waals surface area contributed by atoms with Gasteiger partial charge in [0.1, 0.15) is 22.6 Å². The number of hydrogen-bond acceptors (Lipinski definition) is 2. The lowest BCUT2D eigenvalue weighted by atomic mass is 10.3. The number of aromatic nitrogens is 2. The van der Waals surface area contributed by atoms with Crippen LogP contribution in [0, 0.1) is 10.6 Å². The van der Waals surface area contributed by atoms with E-state index in [4.69, 9.17) is 17.0 Å². The average molecular weight is 198 g/mol. The summed E-state index contributed by atoms with van der Waals surface area (Å²) in [6, 6.07) is 2.89. The van der Waals surface area contributed by atoms with E-state index in [1.807, 2.05) is 0 Å². The van der Waals surface area contributed by atoms with Crippen LogP contribution in [0.2, 0.25) is 0 Å². The molecule has 2 N–H and O–H groups in total. The standard InChI is InChI=1S/C8H7FN2OS/c1-12-5-3-2-4(9)6-7(5)11-8(13)10-6/h2-3H,1H3,(H2,10,11,13). The molecule has 0 fully saturated rings.